The molecule has 4 rings (SSSR count). The lowest BCUT2D eigenvalue weighted by atomic mass is 9.90. The number of hydrazine groups is 1. The van der Waals surface area contributed by atoms with Crippen LogP contribution in [0, 0.1) is 11.3 Å². The number of pyridine rings is 2. The Morgan fingerprint density at radius 2 is 1.80 bits per heavy atom. The van der Waals surface area contributed by atoms with Crippen LogP contribution < -0.4 is 16.1 Å². The van der Waals surface area contributed by atoms with Crippen LogP contribution in [-0.4, -0.2) is 63.3 Å². The van der Waals surface area contributed by atoms with Crippen LogP contribution in [0.1, 0.15) is 71.7 Å². The van der Waals surface area contributed by atoms with Gasteiger partial charge in [-0.05, 0) is 64.7 Å². The standard InChI is InChI=1S/C29H38N6O5/c1-16(2)24-25(36)32-17(3)26(37)35-11-7-8-22(34-35)27(38)40-18(4)20-12-19-13-21(30-15-23(19)31-14-20)9-10-29(5,6)28(39)33-24/h9-10,12-18,22,24,34H,7-8,11H2,1-6H3,(H,32,36)(H,33,39)/b10-9+/t17-,18+,22-,24-/m0/s1. The molecule has 3 amide bonds. The van der Waals surface area contributed by atoms with E-state index in [1.54, 1.807) is 52.2 Å². The van der Waals surface area contributed by atoms with E-state index < -0.39 is 41.5 Å². The van der Waals surface area contributed by atoms with Gasteiger partial charge in [0, 0.05) is 23.7 Å². The Hall–Kier alpha value is -3.86. The molecule has 2 aliphatic heterocycles. The maximum atomic E-state index is 13.3. The first-order valence-corrected chi connectivity index (χ1v) is 13.7. The summed E-state index contributed by atoms with van der Waals surface area (Å²) in [5.74, 6) is -1.89. The van der Waals surface area contributed by atoms with E-state index in [2.05, 4.69) is 26.0 Å². The van der Waals surface area contributed by atoms with Gasteiger partial charge in [0.05, 0.1) is 22.8 Å². The second kappa shape index (κ2) is 11.7. The van der Waals surface area contributed by atoms with Crippen molar-refractivity contribution in [3.63, 3.8) is 0 Å². The highest BCUT2D eigenvalue weighted by molar-refractivity contribution is 5.94. The highest BCUT2D eigenvalue weighted by atomic mass is 16.5. The van der Waals surface area contributed by atoms with E-state index in [0.717, 1.165) is 5.39 Å². The minimum atomic E-state index is -0.959. The van der Waals surface area contributed by atoms with Gasteiger partial charge in [-0.25, -0.2) is 5.43 Å². The number of aromatic nitrogens is 2. The lowest BCUT2D eigenvalue weighted by molar-refractivity contribution is -0.157. The average Bonchev–Trinajstić information content (AvgIpc) is 2.92. The number of rotatable bonds is 1. The highest BCUT2D eigenvalue weighted by Gasteiger charge is 2.35. The van der Waals surface area contributed by atoms with Crippen LogP contribution in [0.2, 0.25) is 0 Å². The van der Waals surface area contributed by atoms with E-state index in [9.17, 15) is 19.2 Å². The lowest BCUT2D eigenvalue weighted by Crippen LogP contribution is -2.61. The van der Waals surface area contributed by atoms with Crippen LogP contribution in [0.4, 0.5) is 0 Å². The third-order valence-corrected chi connectivity index (χ3v) is 7.33. The number of hydrogen-bond acceptors (Lipinski definition) is 8. The number of nitrogens with one attached hydrogen (secondary N) is 3. The maximum Gasteiger partial charge on any atom is 0.325 e. The van der Waals surface area contributed by atoms with Crippen molar-refractivity contribution in [3.8, 4) is 0 Å². The van der Waals surface area contributed by atoms with Crippen LogP contribution in [0.3, 0.4) is 0 Å². The van der Waals surface area contributed by atoms with Gasteiger partial charge in [0.2, 0.25) is 11.8 Å². The molecular formula is C29H38N6O5. The third-order valence-electron chi connectivity index (χ3n) is 7.33. The van der Waals surface area contributed by atoms with Crippen LogP contribution in [0.5, 0.6) is 0 Å². The Morgan fingerprint density at radius 1 is 1.05 bits per heavy atom. The van der Waals surface area contributed by atoms with Crippen molar-refractivity contribution in [2.75, 3.05) is 6.54 Å². The largest absolute Gasteiger partial charge is 0.457 e. The van der Waals surface area contributed by atoms with Gasteiger partial charge in [-0.1, -0.05) is 19.9 Å². The molecule has 2 aliphatic rings. The first-order valence-electron chi connectivity index (χ1n) is 13.7. The molecular weight excluding hydrogens is 512 g/mol. The SMILES string of the molecule is CC(C)[C@@H]1NC(=O)C(C)(C)/C=C/c2cc3cc(cnc3cn2)[C@@H](C)OC(=O)[C@@H]2CCCN(N2)C(=O)[C@H](C)NC1=O. The van der Waals surface area contributed by atoms with Crippen molar-refractivity contribution in [3.05, 3.63) is 41.9 Å². The number of cyclic esters (lactones) is 1. The fourth-order valence-electron chi connectivity index (χ4n) is 4.65. The summed E-state index contributed by atoms with van der Waals surface area (Å²) in [6.07, 6.45) is 7.31. The van der Waals surface area contributed by atoms with Crippen molar-refractivity contribution in [2.45, 2.75) is 78.6 Å². The van der Waals surface area contributed by atoms with Gasteiger partial charge in [-0.2, -0.15) is 0 Å². The number of ether oxygens (including phenoxy) is 1. The zero-order chi connectivity index (χ0) is 29.2. The molecule has 1 saturated heterocycles. The molecule has 0 aliphatic carbocycles. The second-order valence-electron chi connectivity index (χ2n) is 11.4. The molecule has 4 heterocycles. The smallest absolute Gasteiger partial charge is 0.325 e. The lowest BCUT2D eigenvalue weighted by Gasteiger charge is -2.35. The van der Waals surface area contributed by atoms with Crippen molar-refractivity contribution in [2.24, 2.45) is 11.3 Å². The van der Waals surface area contributed by atoms with Crippen molar-refractivity contribution in [1.82, 2.24) is 31.0 Å². The molecule has 0 aromatic carbocycles. The molecule has 3 N–H and O–H groups in total. The normalized spacial score (nSPS) is 27.2. The van der Waals surface area contributed by atoms with E-state index in [-0.39, 0.29) is 17.7 Å². The van der Waals surface area contributed by atoms with Crippen molar-refractivity contribution >= 4 is 40.7 Å². The number of nitrogens with zero attached hydrogens (tertiary/aromatic N) is 3. The molecule has 4 atom stereocenters. The average molecular weight is 551 g/mol. The van der Waals surface area contributed by atoms with Crippen LogP contribution in [0.25, 0.3) is 17.0 Å². The van der Waals surface area contributed by atoms with Gasteiger partial charge >= 0.3 is 5.97 Å². The summed E-state index contributed by atoms with van der Waals surface area (Å²) in [7, 11) is 0. The molecule has 1 fully saturated rings. The molecule has 0 unspecified atom stereocenters. The molecule has 11 heteroatoms. The first-order chi connectivity index (χ1) is 18.9. The summed E-state index contributed by atoms with van der Waals surface area (Å²) in [5, 5.41) is 7.75. The van der Waals surface area contributed by atoms with Crippen LogP contribution >= 0.6 is 0 Å². The molecule has 2 aromatic rings. The summed E-state index contributed by atoms with van der Waals surface area (Å²) in [6, 6.07) is 1.30. The maximum absolute atomic E-state index is 13.3. The second-order valence-corrected chi connectivity index (χ2v) is 11.4. The number of hydrogen-bond donors (Lipinski definition) is 3. The molecule has 40 heavy (non-hydrogen) atoms. The number of carbonyl (C=O) groups is 4. The van der Waals surface area contributed by atoms with Gasteiger partial charge in [-0.3, -0.25) is 34.2 Å². The molecule has 2 aromatic heterocycles. The van der Waals surface area contributed by atoms with E-state index in [0.29, 0.717) is 36.2 Å². The minimum Gasteiger partial charge on any atom is -0.457 e. The minimum absolute atomic E-state index is 0.231. The topological polar surface area (TPSA) is 143 Å². The van der Waals surface area contributed by atoms with E-state index in [1.165, 1.54) is 5.01 Å². The summed E-state index contributed by atoms with van der Waals surface area (Å²) in [6.45, 7) is 10.9. The molecule has 214 valence electrons. The quantitative estimate of drug-likeness (QED) is 0.460. The Bertz CT molecular complexity index is 1340. The van der Waals surface area contributed by atoms with Crippen LogP contribution in [-0.2, 0) is 23.9 Å². The van der Waals surface area contributed by atoms with Gasteiger partial charge in [0.15, 0.2) is 0 Å². The highest BCUT2D eigenvalue weighted by Crippen LogP contribution is 2.24. The van der Waals surface area contributed by atoms with Crippen molar-refractivity contribution in [1.29, 1.82) is 0 Å². The molecule has 11 nitrogen and oxygen atoms in total. The fraction of sp³-hybridized carbons (Fsp3) is 0.517. The van der Waals surface area contributed by atoms with Gasteiger partial charge in [0.25, 0.3) is 5.91 Å². The summed E-state index contributed by atoms with van der Waals surface area (Å²) >= 11 is 0. The monoisotopic (exact) mass is 550 g/mol. The number of amides is 3. The van der Waals surface area contributed by atoms with Crippen LogP contribution in [0.15, 0.2) is 30.6 Å². The number of esters is 1. The van der Waals surface area contributed by atoms with E-state index >= 15 is 0 Å². The third kappa shape index (κ3) is 6.47. The Morgan fingerprint density at radius 3 is 2.52 bits per heavy atom. The summed E-state index contributed by atoms with van der Waals surface area (Å²) < 4.78 is 5.75. The Labute approximate surface area is 234 Å². The molecule has 0 spiro atoms. The first kappa shape index (κ1) is 29.1. The molecule has 5 bridgehead atoms. The zero-order valence-electron chi connectivity index (χ0n) is 23.9. The summed E-state index contributed by atoms with van der Waals surface area (Å²) in [5.41, 5.74) is 4.03. The van der Waals surface area contributed by atoms with Gasteiger partial charge in [-0.15, -0.1) is 0 Å². The van der Waals surface area contributed by atoms with E-state index in [4.69, 9.17) is 4.74 Å². The number of carbonyl (C=O) groups excluding carboxylic acids is 4. The number of fused-ring (bicyclic) bond motifs is 4. The predicted molar refractivity (Wildman–Crippen MR) is 149 cm³/mol. The Kier molecular flexibility index (Phi) is 8.53. The van der Waals surface area contributed by atoms with Crippen molar-refractivity contribution < 1.29 is 23.9 Å². The van der Waals surface area contributed by atoms with Gasteiger partial charge in [0.1, 0.15) is 24.2 Å². The Balaban J connectivity index is 1.70. The zero-order valence-corrected chi connectivity index (χ0v) is 23.9. The molecule has 0 radical (unpaired) electrons. The summed E-state index contributed by atoms with van der Waals surface area (Å²) in [4.78, 5) is 61.6. The molecule has 0 saturated carbocycles. The fourth-order valence-corrected chi connectivity index (χ4v) is 4.65. The van der Waals surface area contributed by atoms with E-state index in [1.807, 2.05) is 26.0 Å². The predicted octanol–water partition coefficient (Wildman–Crippen LogP) is 2.43. The van der Waals surface area contributed by atoms with Gasteiger partial charge < -0.3 is 15.4 Å².